The summed E-state index contributed by atoms with van der Waals surface area (Å²) in [7, 11) is 0. The molecule has 0 aromatic carbocycles. The molecular formula is C19H38N2O. The third-order valence-electron chi connectivity index (χ3n) is 4.20. The molecule has 0 heterocycles. The maximum absolute atomic E-state index is 8.42. The Labute approximate surface area is 138 Å². The summed E-state index contributed by atoms with van der Waals surface area (Å²) in [6, 6.07) is 2.14. The molecule has 3 nitrogen and oxygen atoms in total. The van der Waals surface area contributed by atoms with E-state index in [1.807, 2.05) is 0 Å². The van der Waals surface area contributed by atoms with Crippen LogP contribution in [0.2, 0.25) is 0 Å². The van der Waals surface area contributed by atoms with E-state index >= 15 is 0 Å². The first-order valence-corrected chi connectivity index (χ1v) is 9.50. The summed E-state index contributed by atoms with van der Waals surface area (Å²) >= 11 is 0. The van der Waals surface area contributed by atoms with Gasteiger partial charge in [0.15, 0.2) is 0 Å². The molecule has 0 radical (unpaired) electrons. The fourth-order valence-electron chi connectivity index (χ4n) is 2.61. The fourth-order valence-corrected chi connectivity index (χ4v) is 2.61. The molecule has 0 aromatic heterocycles. The van der Waals surface area contributed by atoms with Crippen LogP contribution >= 0.6 is 0 Å². The van der Waals surface area contributed by atoms with Crippen molar-refractivity contribution in [3.63, 3.8) is 0 Å². The van der Waals surface area contributed by atoms with Crippen molar-refractivity contribution in [1.29, 1.82) is 5.26 Å². The molecule has 3 heteroatoms. The van der Waals surface area contributed by atoms with Crippen LogP contribution in [0.5, 0.6) is 0 Å². The Hall–Kier alpha value is -0.590. The molecule has 0 aliphatic rings. The van der Waals surface area contributed by atoms with E-state index in [1.54, 1.807) is 0 Å². The highest BCUT2D eigenvalue weighted by Gasteiger charge is 2.06. The Kier molecular flexibility index (Phi) is 18.0. The molecule has 22 heavy (non-hydrogen) atoms. The monoisotopic (exact) mass is 310 g/mol. The van der Waals surface area contributed by atoms with E-state index in [0.717, 1.165) is 38.6 Å². The molecule has 0 saturated heterocycles. The van der Waals surface area contributed by atoms with Crippen LogP contribution in [0.1, 0.15) is 84.5 Å². The lowest BCUT2D eigenvalue weighted by Crippen LogP contribution is -2.18. The third kappa shape index (κ3) is 15.8. The minimum absolute atomic E-state index is 0.594. The molecule has 0 fully saturated rings. The van der Waals surface area contributed by atoms with Crippen molar-refractivity contribution in [3.8, 4) is 6.07 Å². The van der Waals surface area contributed by atoms with Crippen LogP contribution in [-0.2, 0) is 4.74 Å². The number of hydrogen-bond donors (Lipinski definition) is 1. The Morgan fingerprint density at radius 1 is 0.955 bits per heavy atom. The predicted octanol–water partition coefficient (Wildman–Crippen LogP) is 5.06. The van der Waals surface area contributed by atoms with E-state index in [0.29, 0.717) is 6.42 Å². The Morgan fingerprint density at radius 3 is 2.36 bits per heavy atom. The molecule has 1 atom stereocenters. The average Bonchev–Trinajstić information content (AvgIpc) is 2.54. The zero-order valence-electron chi connectivity index (χ0n) is 15.0. The smallest absolute Gasteiger partial charge is 0.0635 e. The van der Waals surface area contributed by atoms with E-state index in [1.165, 1.54) is 57.8 Å². The number of nitrogens with one attached hydrogen (secondary N) is 1. The van der Waals surface area contributed by atoms with E-state index in [2.05, 4.69) is 25.2 Å². The molecule has 0 aliphatic carbocycles. The second-order valence-electron chi connectivity index (χ2n) is 6.27. The van der Waals surface area contributed by atoms with Gasteiger partial charge in [-0.1, -0.05) is 65.2 Å². The van der Waals surface area contributed by atoms with Crippen LogP contribution in [-0.4, -0.2) is 26.3 Å². The standard InChI is InChI=1S/C19H38N2O/c1-3-5-6-7-8-9-10-13-19(4-2)18-22-17-12-16-21-15-11-14-20/h19,21H,3-13,15-18H2,1-2H3. The summed E-state index contributed by atoms with van der Waals surface area (Å²) in [5, 5.41) is 11.7. The van der Waals surface area contributed by atoms with Crippen LogP contribution in [0.25, 0.3) is 0 Å². The summed E-state index contributed by atoms with van der Waals surface area (Å²) in [6.45, 7) is 8.06. The zero-order chi connectivity index (χ0) is 16.3. The summed E-state index contributed by atoms with van der Waals surface area (Å²) in [5.41, 5.74) is 0. The normalized spacial score (nSPS) is 12.2. The van der Waals surface area contributed by atoms with Gasteiger partial charge in [-0.3, -0.25) is 0 Å². The van der Waals surface area contributed by atoms with Crippen LogP contribution in [0.3, 0.4) is 0 Å². The number of ether oxygens (including phenoxy) is 1. The van der Waals surface area contributed by atoms with Gasteiger partial charge in [0, 0.05) is 26.2 Å². The van der Waals surface area contributed by atoms with E-state index in [9.17, 15) is 0 Å². The first-order chi connectivity index (χ1) is 10.8. The molecule has 130 valence electrons. The lowest BCUT2D eigenvalue weighted by molar-refractivity contribution is 0.0920. The molecule has 0 amide bonds. The highest BCUT2D eigenvalue weighted by Crippen LogP contribution is 2.15. The maximum atomic E-state index is 8.42. The van der Waals surface area contributed by atoms with Gasteiger partial charge in [0.25, 0.3) is 0 Å². The van der Waals surface area contributed by atoms with Crippen molar-refractivity contribution in [1.82, 2.24) is 5.32 Å². The lowest BCUT2D eigenvalue weighted by Gasteiger charge is -2.15. The van der Waals surface area contributed by atoms with Gasteiger partial charge in [0.05, 0.1) is 6.07 Å². The van der Waals surface area contributed by atoms with Gasteiger partial charge < -0.3 is 10.1 Å². The minimum atomic E-state index is 0.594. The van der Waals surface area contributed by atoms with Crippen molar-refractivity contribution >= 4 is 0 Å². The fraction of sp³-hybridized carbons (Fsp3) is 0.947. The molecule has 1 unspecified atom stereocenters. The number of nitriles is 1. The third-order valence-corrected chi connectivity index (χ3v) is 4.20. The van der Waals surface area contributed by atoms with Crippen molar-refractivity contribution in [2.24, 2.45) is 5.92 Å². The van der Waals surface area contributed by atoms with Gasteiger partial charge >= 0.3 is 0 Å². The van der Waals surface area contributed by atoms with Gasteiger partial charge in [-0.2, -0.15) is 5.26 Å². The number of nitrogens with zero attached hydrogens (tertiary/aromatic N) is 1. The SMILES string of the molecule is CCCCCCCCCC(CC)COCCCNCCC#N. The quantitative estimate of drug-likeness (QED) is 0.382. The summed E-state index contributed by atoms with van der Waals surface area (Å²) in [4.78, 5) is 0. The predicted molar refractivity (Wildman–Crippen MR) is 94.9 cm³/mol. The van der Waals surface area contributed by atoms with E-state index < -0.39 is 0 Å². The minimum Gasteiger partial charge on any atom is -0.381 e. The van der Waals surface area contributed by atoms with E-state index in [4.69, 9.17) is 10.00 Å². The number of unbranched alkanes of at least 4 members (excludes halogenated alkanes) is 6. The molecule has 0 aromatic rings. The van der Waals surface area contributed by atoms with Gasteiger partial charge in [-0.25, -0.2) is 0 Å². The second kappa shape index (κ2) is 18.5. The zero-order valence-corrected chi connectivity index (χ0v) is 15.0. The molecule has 0 aliphatic heterocycles. The number of hydrogen-bond acceptors (Lipinski definition) is 3. The van der Waals surface area contributed by atoms with Crippen molar-refractivity contribution in [2.75, 3.05) is 26.3 Å². The van der Waals surface area contributed by atoms with Crippen LogP contribution in [0.4, 0.5) is 0 Å². The highest BCUT2D eigenvalue weighted by atomic mass is 16.5. The maximum Gasteiger partial charge on any atom is 0.0635 e. The van der Waals surface area contributed by atoms with Crippen LogP contribution in [0, 0.1) is 17.2 Å². The summed E-state index contributed by atoms with van der Waals surface area (Å²) in [5.74, 6) is 0.738. The second-order valence-corrected chi connectivity index (χ2v) is 6.27. The average molecular weight is 311 g/mol. The molecule has 0 saturated carbocycles. The molecule has 0 spiro atoms. The Balaban J connectivity index is 3.31. The summed E-state index contributed by atoms with van der Waals surface area (Å²) < 4.78 is 5.80. The Morgan fingerprint density at radius 2 is 1.68 bits per heavy atom. The topological polar surface area (TPSA) is 45.0 Å². The van der Waals surface area contributed by atoms with Crippen molar-refractivity contribution < 1.29 is 4.74 Å². The highest BCUT2D eigenvalue weighted by molar-refractivity contribution is 4.69. The largest absolute Gasteiger partial charge is 0.381 e. The Bertz CT molecular complexity index is 250. The first-order valence-electron chi connectivity index (χ1n) is 9.50. The van der Waals surface area contributed by atoms with Gasteiger partial charge in [0.1, 0.15) is 0 Å². The lowest BCUT2D eigenvalue weighted by atomic mass is 9.98. The first kappa shape index (κ1) is 21.4. The molecular weight excluding hydrogens is 272 g/mol. The van der Waals surface area contributed by atoms with Gasteiger partial charge in [0.2, 0.25) is 0 Å². The number of rotatable bonds is 17. The van der Waals surface area contributed by atoms with Crippen molar-refractivity contribution in [3.05, 3.63) is 0 Å². The van der Waals surface area contributed by atoms with Gasteiger partial charge in [-0.15, -0.1) is 0 Å². The van der Waals surface area contributed by atoms with Crippen molar-refractivity contribution in [2.45, 2.75) is 84.5 Å². The summed E-state index contributed by atoms with van der Waals surface area (Å²) in [6.07, 6.45) is 13.9. The molecule has 1 N–H and O–H groups in total. The van der Waals surface area contributed by atoms with Crippen LogP contribution < -0.4 is 5.32 Å². The van der Waals surface area contributed by atoms with Crippen LogP contribution in [0.15, 0.2) is 0 Å². The van der Waals surface area contributed by atoms with E-state index in [-0.39, 0.29) is 0 Å². The molecule has 0 rings (SSSR count). The van der Waals surface area contributed by atoms with Gasteiger partial charge in [-0.05, 0) is 25.3 Å². The molecule has 0 bridgehead atoms.